The first-order valence-electron chi connectivity index (χ1n) is 7.02. The first-order valence-corrected chi connectivity index (χ1v) is 7.02. The fraction of sp³-hybridized carbons (Fsp3) is 0.625. The highest BCUT2D eigenvalue weighted by Crippen LogP contribution is 2.47. The Balaban J connectivity index is 2.41. The molecule has 0 aromatic heterocycles. The van der Waals surface area contributed by atoms with Gasteiger partial charge in [0.1, 0.15) is 0 Å². The summed E-state index contributed by atoms with van der Waals surface area (Å²) in [5.41, 5.74) is 8.85. The van der Waals surface area contributed by atoms with Crippen molar-refractivity contribution in [3.05, 3.63) is 34.4 Å². The topological polar surface area (TPSA) is 38.0 Å². The SMILES string of the molecule is Cc1cc(C)c(C(NN)C2(C)CCCC2)cc1C. The van der Waals surface area contributed by atoms with Gasteiger partial charge in [-0.1, -0.05) is 31.9 Å². The summed E-state index contributed by atoms with van der Waals surface area (Å²) in [7, 11) is 0. The highest BCUT2D eigenvalue weighted by molar-refractivity contribution is 5.39. The molecule has 2 rings (SSSR count). The van der Waals surface area contributed by atoms with Crippen molar-refractivity contribution in [1.29, 1.82) is 0 Å². The number of hydrogen-bond donors (Lipinski definition) is 2. The molecule has 1 aromatic carbocycles. The van der Waals surface area contributed by atoms with Crippen molar-refractivity contribution in [3.8, 4) is 0 Å². The molecule has 18 heavy (non-hydrogen) atoms. The lowest BCUT2D eigenvalue weighted by molar-refractivity contribution is 0.224. The summed E-state index contributed by atoms with van der Waals surface area (Å²) in [5, 5.41) is 0. The van der Waals surface area contributed by atoms with Gasteiger partial charge < -0.3 is 0 Å². The lowest BCUT2D eigenvalue weighted by Gasteiger charge is -2.35. The predicted octanol–water partition coefficient (Wildman–Crippen LogP) is 3.70. The minimum Gasteiger partial charge on any atom is -0.271 e. The second-order valence-corrected chi connectivity index (χ2v) is 6.25. The summed E-state index contributed by atoms with van der Waals surface area (Å²) in [6.07, 6.45) is 5.21. The van der Waals surface area contributed by atoms with Crippen molar-refractivity contribution in [2.24, 2.45) is 11.3 Å². The van der Waals surface area contributed by atoms with E-state index in [2.05, 4.69) is 45.3 Å². The van der Waals surface area contributed by atoms with Crippen LogP contribution in [0.1, 0.15) is 60.9 Å². The van der Waals surface area contributed by atoms with E-state index in [1.54, 1.807) is 0 Å². The Morgan fingerprint density at radius 3 is 2.17 bits per heavy atom. The number of rotatable bonds is 3. The van der Waals surface area contributed by atoms with Crippen LogP contribution >= 0.6 is 0 Å². The van der Waals surface area contributed by atoms with Crippen LogP contribution in [-0.2, 0) is 0 Å². The van der Waals surface area contributed by atoms with Gasteiger partial charge in [-0.2, -0.15) is 0 Å². The molecule has 100 valence electrons. The van der Waals surface area contributed by atoms with Gasteiger partial charge in [0.15, 0.2) is 0 Å². The van der Waals surface area contributed by atoms with Crippen molar-refractivity contribution < 1.29 is 0 Å². The molecule has 0 spiro atoms. The van der Waals surface area contributed by atoms with E-state index in [0.29, 0.717) is 5.41 Å². The molecule has 0 saturated heterocycles. The third kappa shape index (κ3) is 2.32. The van der Waals surface area contributed by atoms with Gasteiger partial charge in [-0.25, -0.2) is 0 Å². The largest absolute Gasteiger partial charge is 0.271 e. The van der Waals surface area contributed by atoms with Crippen LogP contribution in [0.3, 0.4) is 0 Å². The smallest absolute Gasteiger partial charge is 0.0516 e. The standard InChI is InChI=1S/C16H26N2/c1-11-9-13(3)14(10-12(11)2)15(18-17)16(4)7-5-6-8-16/h9-10,15,18H,5-8,17H2,1-4H3. The Hall–Kier alpha value is -0.860. The summed E-state index contributed by atoms with van der Waals surface area (Å²) in [4.78, 5) is 0. The summed E-state index contributed by atoms with van der Waals surface area (Å²) < 4.78 is 0. The van der Waals surface area contributed by atoms with Crippen LogP contribution in [0.4, 0.5) is 0 Å². The number of nitrogens with two attached hydrogens (primary N) is 1. The van der Waals surface area contributed by atoms with Crippen LogP contribution in [-0.4, -0.2) is 0 Å². The van der Waals surface area contributed by atoms with E-state index in [1.165, 1.54) is 47.9 Å². The van der Waals surface area contributed by atoms with E-state index in [9.17, 15) is 0 Å². The van der Waals surface area contributed by atoms with Gasteiger partial charge in [-0.15, -0.1) is 0 Å². The molecule has 1 unspecified atom stereocenters. The molecule has 1 aromatic rings. The normalized spacial score (nSPS) is 20.1. The Morgan fingerprint density at radius 2 is 1.61 bits per heavy atom. The molecule has 0 heterocycles. The molecule has 0 aliphatic heterocycles. The maximum absolute atomic E-state index is 5.88. The first kappa shape index (κ1) is 13.6. The van der Waals surface area contributed by atoms with Gasteiger partial charge in [0.2, 0.25) is 0 Å². The number of nitrogens with one attached hydrogen (secondary N) is 1. The van der Waals surface area contributed by atoms with Crippen molar-refractivity contribution in [2.75, 3.05) is 0 Å². The van der Waals surface area contributed by atoms with Crippen LogP contribution in [0.25, 0.3) is 0 Å². The highest BCUT2D eigenvalue weighted by atomic mass is 15.2. The molecular formula is C16H26N2. The van der Waals surface area contributed by atoms with Crippen molar-refractivity contribution in [3.63, 3.8) is 0 Å². The average Bonchev–Trinajstić information content (AvgIpc) is 2.74. The maximum atomic E-state index is 5.88. The van der Waals surface area contributed by atoms with Gasteiger partial charge in [-0.3, -0.25) is 11.3 Å². The number of hydrazine groups is 1. The predicted molar refractivity (Wildman–Crippen MR) is 77.3 cm³/mol. The lowest BCUT2D eigenvalue weighted by atomic mass is 9.76. The van der Waals surface area contributed by atoms with Crippen molar-refractivity contribution in [2.45, 2.75) is 59.4 Å². The molecule has 1 saturated carbocycles. The maximum Gasteiger partial charge on any atom is 0.0516 e. The quantitative estimate of drug-likeness (QED) is 0.630. The fourth-order valence-electron chi connectivity index (χ4n) is 3.43. The highest BCUT2D eigenvalue weighted by Gasteiger charge is 2.37. The van der Waals surface area contributed by atoms with Crippen molar-refractivity contribution in [1.82, 2.24) is 5.43 Å². The minimum atomic E-state index is 0.277. The molecule has 1 fully saturated rings. The van der Waals surface area contributed by atoms with E-state index in [1.807, 2.05) is 0 Å². The van der Waals surface area contributed by atoms with E-state index >= 15 is 0 Å². The monoisotopic (exact) mass is 246 g/mol. The molecule has 1 atom stereocenters. The Kier molecular flexibility index (Phi) is 3.79. The van der Waals surface area contributed by atoms with Crippen LogP contribution in [0.15, 0.2) is 12.1 Å². The molecule has 2 nitrogen and oxygen atoms in total. The number of benzene rings is 1. The van der Waals surface area contributed by atoms with E-state index < -0.39 is 0 Å². The minimum absolute atomic E-state index is 0.277. The zero-order valence-electron chi connectivity index (χ0n) is 12.1. The Bertz CT molecular complexity index is 431. The molecule has 0 bridgehead atoms. The second kappa shape index (κ2) is 5.02. The van der Waals surface area contributed by atoms with Crippen LogP contribution in [0.5, 0.6) is 0 Å². The zero-order chi connectivity index (χ0) is 13.3. The molecular weight excluding hydrogens is 220 g/mol. The molecule has 0 amide bonds. The van der Waals surface area contributed by atoms with Gasteiger partial charge in [0, 0.05) is 0 Å². The molecule has 1 aliphatic carbocycles. The summed E-state index contributed by atoms with van der Waals surface area (Å²) in [5.74, 6) is 5.88. The molecule has 3 N–H and O–H groups in total. The van der Waals surface area contributed by atoms with Gasteiger partial charge in [0.25, 0.3) is 0 Å². The molecule has 2 heteroatoms. The third-order valence-electron chi connectivity index (χ3n) is 4.80. The van der Waals surface area contributed by atoms with Gasteiger partial charge >= 0.3 is 0 Å². The number of aryl methyl sites for hydroxylation is 3. The van der Waals surface area contributed by atoms with Crippen LogP contribution < -0.4 is 11.3 Å². The van der Waals surface area contributed by atoms with Crippen molar-refractivity contribution >= 4 is 0 Å². The fourth-order valence-corrected chi connectivity index (χ4v) is 3.43. The Labute approximate surface area is 111 Å². The second-order valence-electron chi connectivity index (χ2n) is 6.25. The van der Waals surface area contributed by atoms with Gasteiger partial charge in [0.05, 0.1) is 6.04 Å². The third-order valence-corrected chi connectivity index (χ3v) is 4.80. The lowest BCUT2D eigenvalue weighted by Crippen LogP contribution is -2.39. The summed E-state index contributed by atoms with van der Waals surface area (Å²) in [6, 6.07) is 4.88. The first-order chi connectivity index (χ1) is 8.48. The van der Waals surface area contributed by atoms with E-state index in [4.69, 9.17) is 5.84 Å². The van der Waals surface area contributed by atoms with Crippen LogP contribution in [0.2, 0.25) is 0 Å². The summed E-state index contributed by atoms with van der Waals surface area (Å²) in [6.45, 7) is 8.93. The summed E-state index contributed by atoms with van der Waals surface area (Å²) >= 11 is 0. The molecule has 1 aliphatic rings. The van der Waals surface area contributed by atoms with E-state index in [0.717, 1.165) is 0 Å². The Morgan fingerprint density at radius 1 is 1.06 bits per heavy atom. The number of hydrogen-bond acceptors (Lipinski definition) is 2. The van der Waals surface area contributed by atoms with E-state index in [-0.39, 0.29) is 6.04 Å². The average molecular weight is 246 g/mol. The molecule has 0 radical (unpaired) electrons. The zero-order valence-corrected chi connectivity index (χ0v) is 12.1. The van der Waals surface area contributed by atoms with Gasteiger partial charge in [-0.05, 0) is 61.3 Å². The van der Waals surface area contributed by atoms with Crippen LogP contribution in [0, 0.1) is 26.2 Å².